The molecule has 0 radical (unpaired) electrons. The Morgan fingerprint density at radius 3 is 2.81 bits per heavy atom. The van der Waals surface area contributed by atoms with Gasteiger partial charge >= 0.3 is 0 Å². The fourth-order valence-electron chi connectivity index (χ4n) is 2.55. The van der Waals surface area contributed by atoms with Gasteiger partial charge in [0.15, 0.2) is 0 Å². The quantitative estimate of drug-likeness (QED) is 0.767. The van der Waals surface area contributed by atoms with Gasteiger partial charge in [0.25, 0.3) is 0 Å². The lowest BCUT2D eigenvalue weighted by atomic mass is 10.1. The van der Waals surface area contributed by atoms with Crippen molar-refractivity contribution in [3.63, 3.8) is 0 Å². The molecular formula is C15H25N3O2S. The molecule has 0 bridgehead atoms. The maximum atomic E-state index is 12.3. The Morgan fingerprint density at radius 1 is 1.43 bits per heavy atom. The van der Waals surface area contributed by atoms with E-state index in [-0.39, 0.29) is 11.9 Å². The van der Waals surface area contributed by atoms with E-state index < -0.39 is 0 Å². The van der Waals surface area contributed by atoms with Gasteiger partial charge < -0.3 is 15.4 Å². The molecule has 2 rings (SSSR count). The van der Waals surface area contributed by atoms with Crippen LogP contribution in [0.25, 0.3) is 0 Å². The summed E-state index contributed by atoms with van der Waals surface area (Å²) in [6.45, 7) is 5.06. The first-order valence-electron chi connectivity index (χ1n) is 7.48. The Kier molecular flexibility index (Phi) is 6.63. The van der Waals surface area contributed by atoms with E-state index in [9.17, 15) is 4.79 Å². The van der Waals surface area contributed by atoms with Gasteiger partial charge in [0.05, 0.1) is 6.04 Å². The summed E-state index contributed by atoms with van der Waals surface area (Å²) in [6, 6.07) is 3.86. The number of thiophene rings is 1. The monoisotopic (exact) mass is 311 g/mol. The molecule has 0 aromatic carbocycles. The highest BCUT2D eigenvalue weighted by Gasteiger charge is 2.24. The van der Waals surface area contributed by atoms with E-state index in [2.05, 4.69) is 22.4 Å². The average molecular weight is 311 g/mol. The van der Waals surface area contributed by atoms with Gasteiger partial charge in [0.1, 0.15) is 0 Å². The predicted octanol–water partition coefficient (Wildman–Crippen LogP) is 1.15. The largest absolute Gasteiger partial charge is 0.385 e. The molecule has 2 heterocycles. The van der Waals surface area contributed by atoms with Gasteiger partial charge in [-0.1, -0.05) is 6.07 Å². The average Bonchev–Trinajstić information content (AvgIpc) is 3.00. The lowest BCUT2D eigenvalue weighted by Crippen LogP contribution is -2.52. The highest BCUT2D eigenvalue weighted by Crippen LogP contribution is 2.14. The van der Waals surface area contributed by atoms with E-state index in [1.807, 2.05) is 4.90 Å². The summed E-state index contributed by atoms with van der Waals surface area (Å²) >= 11 is 1.79. The number of nitrogens with zero attached hydrogens (tertiary/aromatic N) is 2. The van der Waals surface area contributed by atoms with Crippen LogP contribution >= 0.6 is 11.3 Å². The number of methoxy groups -OCH3 is 1. The van der Waals surface area contributed by atoms with Crippen molar-refractivity contribution in [2.45, 2.75) is 25.4 Å². The molecule has 2 N–H and O–H groups in total. The van der Waals surface area contributed by atoms with Crippen molar-refractivity contribution in [1.82, 2.24) is 9.80 Å². The number of piperazine rings is 1. The van der Waals surface area contributed by atoms with Crippen molar-refractivity contribution in [3.8, 4) is 0 Å². The van der Waals surface area contributed by atoms with Crippen LogP contribution in [0.15, 0.2) is 17.5 Å². The van der Waals surface area contributed by atoms with Gasteiger partial charge in [-0.05, 0) is 24.3 Å². The Morgan fingerprint density at radius 2 is 2.19 bits per heavy atom. The van der Waals surface area contributed by atoms with Crippen LogP contribution in [0.4, 0.5) is 0 Å². The fourth-order valence-corrected chi connectivity index (χ4v) is 3.30. The van der Waals surface area contributed by atoms with Gasteiger partial charge in [-0.25, -0.2) is 0 Å². The van der Waals surface area contributed by atoms with E-state index >= 15 is 0 Å². The number of nitrogens with two attached hydrogens (primary N) is 1. The van der Waals surface area contributed by atoms with E-state index in [0.29, 0.717) is 13.0 Å². The normalized spacial score (nSPS) is 17.9. The molecule has 0 spiro atoms. The van der Waals surface area contributed by atoms with Crippen LogP contribution in [0, 0.1) is 0 Å². The van der Waals surface area contributed by atoms with Crippen molar-refractivity contribution in [1.29, 1.82) is 0 Å². The number of hydrogen-bond donors (Lipinski definition) is 1. The minimum Gasteiger partial charge on any atom is -0.385 e. The zero-order valence-electron chi connectivity index (χ0n) is 12.7. The topological polar surface area (TPSA) is 58.8 Å². The summed E-state index contributed by atoms with van der Waals surface area (Å²) in [4.78, 5) is 17.9. The summed E-state index contributed by atoms with van der Waals surface area (Å²) in [5, 5.41) is 2.11. The summed E-state index contributed by atoms with van der Waals surface area (Å²) in [5.41, 5.74) is 5.97. The lowest BCUT2D eigenvalue weighted by molar-refractivity contribution is -0.134. The van der Waals surface area contributed by atoms with Crippen LogP contribution in [0.5, 0.6) is 0 Å². The molecule has 1 aliphatic rings. The number of carbonyl (C=O) groups excluding carboxylic acids is 1. The molecule has 1 fully saturated rings. The molecule has 1 atom stereocenters. The van der Waals surface area contributed by atoms with Crippen LogP contribution < -0.4 is 5.73 Å². The van der Waals surface area contributed by atoms with Gasteiger partial charge in [-0.2, -0.15) is 0 Å². The molecule has 1 aromatic heterocycles. The molecule has 1 aliphatic heterocycles. The van der Waals surface area contributed by atoms with Crippen molar-refractivity contribution >= 4 is 17.2 Å². The van der Waals surface area contributed by atoms with Crippen LogP contribution in [-0.2, 0) is 16.1 Å². The predicted molar refractivity (Wildman–Crippen MR) is 85.3 cm³/mol. The molecule has 1 aromatic rings. The third kappa shape index (κ3) is 5.07. The van der Waals surface area contributed by atoms with Crippen molar-refractivity contribution in [3.05, 3.63) is 22.4 Å². The van der Waals surface area contributed by atoms with Crippen LogP contribution in [0.3, 0.4) is 0 Å². The summed E-state index contributed by atoms with van der Waals surface area (Å²) in [7, 11) is 1.67. The smallest absolute Gasteiger partial charge is 0.239 e. The highest BCUT2D eigenvalue weighted by molar-refractivity contribution is 7.09. The number of rotatable bonds is 7. The molecule has 0 aliphatic carbocycles. The Hall–Kier alpha value is -0.950. The number of carbonyl (C=O) groups is 1. The van der Waals surface area contributed by atoms with Gasteiger partial charge in [0, 0.05) is 51.3 Å². The second-order valence-corrected chi connectivity index (χ2v) is 6.45. The first-order chi connectivity index (χ1) is 10.2. The van der Waals surface area contributed by atoms with Crippen molar-refractivity contribution < 1.29 is 9.53 Å². The maximum Gasteiger partial charge on any atom is 0.239 e. The molecule has 1 saturated heterocycles. The number of amides is 1. The first-order valence-corrected chi connectivity index (χ1v) is 8.36. The molecule has 0 saturated carbocycles. The minimum atomic E-state index is -0.385. The second kappa shape index (κ2) is 8.48. The number of ether oxygens (including phenoxy) is 1. The van der Waals surface area contributed by atoms with Crippen LogP contribution in [-0.4, -0.2) is 61.6 Å². The lowest BCUT2D eigenvalue weighted by Gasteiger charge is -2.35. The molecule has 5 nitrogen and oxygen atoms in total. The molecule has 1 unspecified atom stereocenters. The van der Waals surface area contributed by atoms with Gasteiger partial charge in [-0.15, -0.1) is 11.3 Å². The zero-order valence-corrected chi connectivity index (χ0v) is 13.5. The van der Waals surface area contributed by atoms with E-state index in [1.54, 1.807) is 18.4 Å². The van der Waals surface area contributed by atoms with Crippen LogP contribution in [0.2, 0.25) is 0 Å². The number of hydrogen-bond acceptors (Lipinski definition) is 5. The van der Waals surface area contributed by atoms with E-state index in [1.165, 1.54) is 4.88 Å². The highest BCUT2D eigenvalue weighted by atomic mass is 32.1. The van der Waals surface area contributed by atoms with Gasteiger partial charge in [0.2, 0.25) is 5.91 Å². The molecule has 1 amide bonds. The second-order valence-electron chi connectivity index (χ2n) is 5.42. The zero-order chi connectivity index (χ0) is 15.1. The summed E-state index contributed by atoms with van der Waals surface area (Å²) in [6.07, 6.45) is 1.53. The standard InChI is InChI=1S/C15H25N3O2S/c1-20-10-2-5-14(16)15(19)18-8-6-17(7-9-18)12-13-4-3-11-21-13/h3-4,11,14H,2,5-10,12,16H2,1H3. The fraction of sp³-hybridized carbons (Fsp3) is 0.667. The Bertz CT molecular complexity index is 417. The minimum absolute atomic E-state index is 0.0851. The molecule has 21 heavy (non-hydrogen) atoms. The molecule has 118 valence electrons. The first kappa shape index (κ1) is 16.4. The van der Waals surface area contributed by atoms with E-state index in [4.69, 9.17) is 10.5 Å². The summed E-state index contributed by atoms with van der Waals surface area (Å²) < 4.78 is 5.00. The van der Waals surface area contributed by atoms with E-state index in [0.717, 1.165) is 39.1 Å². The third-order valence-electron chi connectivity index (χ3n) is 3.82. The molecule has 6 heteroatoms. The van der Waals surface area contributed by atoms with Crippen LogP contribution in [0.1, 0.15) is 17.7 Å². The third-order valence-corrected chi connectivity index (χ3v) is 4.69. The maximum absolute atomic E-state index is 12.3. The Labute approximate surface area is 130 Å². The summed E-state index contributed by atoms with van der Waals surface area (Å²) in [5.74, 6) is 0.0851. The SMILES string of the molecule is COCCCC(N)C(=O)N1CCN(Cc2cccs2)CC1. The molecular weight excluding hydrogens is 286 g/mol. The Balaban J connectivity index is 1.71. The van der Waals surface area contributed by atoms with Gasteiger partial charge in [-0.3, -0.25) is 9.69 Å². The van der Waals surface area contributed by atoms with Crippen molar-refractivity contribution in [2.24, 2.45) is 5.73 Å². The van der Waals surface area contributed by atoms with Crippen molar-refractivity contribution in [2.75, 3.05) is 39.9 Å².